The highest BCUT2D eigenvalue weighted by Crippen LogP contribution is 2.20. The van der Waals surface area contributed by atoms with Crippen LogP contribution in [0.15, 0.2) is 34.1 Å². The lowest BCUT2D eigenvalue weighted by Crippen LogP contribution is -2.32. The maximum atomic E-state index is 12.3. The van der Waals surface area contributed by atoms with Crippen LogP contribution in [0.3, 0.4) is 0 Å². The summed E-state index contributed by atoms with van der Waals surface area (Å²) >= 11 is 0. The van der Waals surface area contributed by atoms with Gasteiger partial charge in [0.2, 0.25) is 10.0 Å². The summed E-state index contributed by atoms with van der Waals surface area (Å²) < 4.78 is 48.0. The molecule has 0 saturated carbocycles. The molecule has 0 fully saturated rings. The monoisotopic (exact) mass is 335 g/mol. The second-order valence-electron chi connectivity index (χ2n) is 3.95. The summed E-state index contributed by atoms with van der Waals surface area (Å²) in [5, 5.41) is 0. The van der Waals surface area contributed by atoms with Gasteiger partial charge in [-0.1, -0.05) is 12.8 Å². The normalized spacial score (nSPS) is 12.3. The van der Waals surface area contributed by atoms with Crippen molar-refractivity contribution in [1.29, 1.82) is 0 Å². The van der Waals surface area contributed by atoms with Crippen LogP contribution in [0.4, 0.5) is 0 Å². The number of hydrogen-bond donors (Lipinski definition) is 0. The highest BCUT2D eigenvalue weighted by Gasteiger charge is 2.23. The van der Waals surface area contributed by atoms with E-state index in [2.05, 4.69) is 5.92 Å². The molecule has 1 aromatic rings. The molecule has 1 aromatic carbocycles. The van der Waals surface area contributed by atoms with E-state index in [1.807, 2.05) is 6.92 Å². The molecule has 0 spiro atoms. The molecule has 20 heavy (non-hydrogen) atoms. The van der Waals surface area contributed by atoms with Gasteiger partial charge in [-0.05, 0) is 30.7 Å². The molecule has 0 N–H and O–H groups in total. The lowest BCUT2D eigenvalue weighted by Gasteiger charge is -2.19. The van der Waals surface area contributed by atoms with E-state index >= 15 is 0 Å². The minimum atomic E-state index is -3.87. The van der Waals surface area contributed by atoms with Crippen LogP contribution in [0.5, 0.6) is 0 Å². The van der Waals surface area contributed by atoms with Crippen molar-refractivity contribution in [3.05, 3.63) is 24.3 Å². The van der Waals surface area contributed by atoms with Crippen LogP contribution in [0.2, 0.25) is 0 Å². The Morgan fingerprint density at radius 3 is 2.05 bits per heavy atom. The number of sulfonamides is 1. The SMILES string of the molecule is C#CCN(CCC)S(=O)(=O)c1ccc(S(=O)(=O)Cl)cc1. The maximum Gasteiger partial charge on any atom is 0.261 e. The van der Waals surface area contributed by atoms with Crippen LogP contribution >= 0.6 is 10.7 Å². The van der Waals surface area contributed by atoms with E-state index in [1.54, 1.807) is 0 Å². The summed E-state index contributed by atoms with van der Waals surface area (Å²) in [5.41, 5.74) is 0. The Labute approximate surface area is 124 Å². The van der Waals surface area contributed by atoms with Gasteiger partial charge in [0.1, 0.15) is 0 Å². The molecule has 0 aromatic heterocycles. The van der Waals surface area contributed by atoms with Crippen molar-refractivity contribution < 1.29 is 16.8 Å². The zero-order valence-electron chi connectivity index (χ0n) is 10.8. The van der Waals surface area contributed by atoms with E-state index in [9.17, 15) is 16.8 Å². The van der Waals surface area contributed by atoms with Gasteiger partial charge in [0.25, 0.3) is 9.05 Å². The van der Waals surface area contributed by atoms with Crippen molar-refractivity contribution >= 4 is 29.8 Å². The lowest BCUT2D eigenvalue weighted by atomic mass is 10.4. The molecule has 0 atom stereocenters. The van der Waals surface area contributed by atoms with E-state index in [-0.39, 0.29) is 16.3 Å². The zero-order valence-corrected chi connectivity index (χ0v) is 13.2. The molecule has 0 amide bonds. The maximum absolute atomic E-state index is 12.3. The van der Waals surface area contributed by atoms with Gasteiger partial charge in [-0.15, -0.1) is 6.42 Å². The highest BCUT2D eigenvalue weighted by molar-refractivity contribution is 8.13. The third-order valence-electron chi connectivity index (χ3n) is 2.48. The summed E-state index contributed by atoms with van der Waals surface area (Å²) in [7, 11) is -2.44. The molecule has 0 aliphatic heterocycles. The third kappa shape index (κ3) is 3.96. The third-order valence-corrected chi connectivity index (χ3v) is 5.71. The van der Waals surface area contributed by atoms with E-state index in [0.29, 0.717) is 13.0 Å². The van der Waals surface area contributed by atoms with Crippen molar-refractivity contribution in [2.75, 3.05) is 13.1 Å². The first kappa shape index (κ1) is 17.0. The van der Waals surface area contributed by atoms with Gasteiger partial charge in [0, 0.05) is 17.2 Å². The van der Waals surface area contributed by atoms with Gasteiger partial charge in [-0.25, -0.2) is 16.8 Å². The Bertz CT molecular complexity index is 703. The summed E-state index contributed by atoms with van der Waals surface area (Å²) in [5.74, 6) is 2.29. The molecule has 0 aliphatic carbocycles. The molecule has 0 bridgehead atoms. The van der Waals surface area contributed by atoms with Gasteiger partial charge in [0.15, 0.2) is 0 Å². The van der Waals surface area contributed by atoms with Crippen molar-refractivity contribution in [1.82, 2.24) is 4.31 Å². The van der Waals surface area contributed by atoms with Crippen molar-refractivity contribution in [3.63, 3.8) is 0 Å². The lowest BCUT2D eigenvalue weighted by molar-refractivity contribution is 0.445. The van der Waals surface area contributed by atoms with Crippen molar-refractivity contribution in [2.24, 2.45) is 0 Å². The van der Waals surface area contributed by atoms with Gasteiger partial charge >= 0.3 is 0 Å². The average Bonchev–Trinajstić information content (AvgIpc) is 2.37. The molecule has 5 nitrogen and oxygen atoms in total. The fourth-order valence-electron chi connectivity index (χ4n) is 1.56. The highest BCUT2D eigenvalue weighted by atomic mass is 35.7. The Morgan fingerprint density at radius 1 is 1.15 bits per heavy atom. The largest absolute Gasteiger partial charge is 0.261 e. The molecule has 0 unspecified atom stereocenters. The Hall–Kier alpha value is -1.07. The molecule has 0 aliphatic rings. The minimum Gasteiger partial charge on any atom is -0.207 e. The van der Waals surface area contributed by atoms with Crippen LogP contribution in [-0.2, 0) is 19.1 Å². The second-order valence-corrected chi connectivity index (χ2v) is 8.46. The van der Waals surface area contributed by atoms with Gasteiger partial charge < -0.3 is 0 Å². The molecular formula is C12H14ClNO4S2. The van der Waals surface area contributed by atoms with Crippen LogP contribution in [0.25, 0.3) is 0 Å². The standard InChI is InChI=1S/C12H14ClNO4S2/c1-3-9-14(10-4-2)20(17,18)12-7-5-11(6-8-12)19(13,15)16/h1,5-8H,4,9-10H2,2H3. The van der Waals surface area contributed by atoms with Crippen LogP contribution in [0, 0.1) is 12.3 Å². The Morgan fingerprint density at radius 2 is 1.65 bits per heavy atom. The molecule has 0 saturated heterocycles. The average molecular weight is 336 g/mol. The predicted octanol–water partition coefficient (Wildman–Crippen LogP) is 1.65. The summed E-state index contributed by atoms with van der Waals surface area (Å²) in [6.07, 6.45) is 5.78. The molecular weight excluding hydrogens is 322 g/mol. The van der Waals surface area contributed by atoms with E-state index in [4.69, 9.17) is 17.1 Å². The topological polar surface area (TPSA) is 71.5 Å². The molecule has 110 valence electrons. The smallest absolute Gasteiger partial charge is 0.207 e. The molecule has 0 radical (unpaired) electrons. The predicted molar refractivity (Wildman–Crippen MR) is 77.4 cm³/mol. The summed E-state index contributed by atoms with van der Waals surface area (Å²) in [6, 6.07) is 4.69. The number of hydrogen-bond acceptors (Lipinski definition) is 4. The Balaban J connectivity index is 3.19. The van der Waals surface area contributed by atoms with Crippen molar-refractivity contribution in [2.45, 2.75) is 23.1 Å². The number of benzene rings is 1. The first-order valence-electron chi connectivity index (χ1n) is 5.71. The number of halogens is 1. The van der Waals surface area contributed by atoms with Crippen LogP contribution in [-0.4, -0.2) is 34.2 Å². The first-order chi connectivity index (χ1) is 9.23. The number of rotatable bonds is 6. The minimum absolute atomic E-state index is 0.0229. The van der Waals surface area contributed by atoms with Gasteiger partial charge in [-0.3, -0.25) is 0 Å². The van der Waals surface area contributed by atoms with Crippen LogP contribution in [0.1, 0.15) is 13.3 Å². The number of nitrogens with zero attached hydrogens (tertiary/aromatic N) is 1. The molecule has 0 heterocycles. The molecule has 1 rings (SSSR count). The molecule has 8 heteroatoms. The quantitative estimate of drug-likeness (QED) is 0.585. The first-order valence-corrected chi connectivity index (χ1v) is 9.46. The van der Waals surface area contributed by atoms with Gasteiger partial charge in [-0.2, -0.15) is 4.31 Å². The van der Waals surface area contributed by atoms with Crippen molar-refractivity contribution in [3.8, 4) is 12.3 Å². The second kappa shape index (κ2) is 6.59. The van der Waals surface area contributed by atoms with E-state index in [0.717, 1.165) is 16.4 Å². The number of terminal acetylenes is 1. The van der Waals surface area contributed by atoms with E-state index < -0.39 is 19.1 Å². The van der Waals surface area contributed by atoms with Gasteiger partial charge in [0.05, 0.1) is 16.3 Å². The summed E-state index contributed by atoms with van der Waals surface area (Å²) in [6.45, 7) is 2.09. The fourth-order valence-corrected chi connectivity index (χ4v) is 3.77. The summed E-state index contributed by atoms with van der Waals surface area (Å²) in [4.78, 5) is -0.178. The zero-order chi connectivity index (χ0) is 15.4. The fraction of sp³-hybridized carbons (Fsp3) is 0.333. The van der Waals surface area contributed by atoms with Crippen LogP contribution < -0.4 is 0 Å². The van der Waals surface area contributed by atoms with E-state index in [1.165, 1.54) is 12.1 Å². The Kier molecular flexibility index (Phi) is 5.59.